The number of thiophene rings is 1. The van der Waals surface area contributed by atoms with E-state index in [4.69, 9.17) is 5.11 Å². The molecule has 2 N–H and O–H groups in total. The van der Waals surface area contributed by atoms with Gasteiger partial charge in [-0.25, -0.2) is 0 Å². The number of hydrogen-bond donors (Lipinski definition) is 2. The van der Waals surface area contributed by atoms with Crippen LogP contribution in [0.1, 0.15) is 47.2 Å². The monoisotopic (exact) mass is 376 g/mol. The third kappa shape index (κ3) is 4.18. The number of hydrogen-bond acceptors (Lipinski definition) is 6. The maximum absolute atomic E-state index is 9.83. The van der Waals surface area contributed by atoms with Crippen molar-refractivity contribution >= 4 is 11.3 Å². The first kappa shape index (κ1) is 18.1. The first-order chi connectivity index (χ1) is 12.7. The molecule has 4 heterocycles. The van der Waals surface area contributed by atoms with Crippen molar-refractivity contribution in [3.8, 4) is 0 Å². The van der Waals surface area contributed by atoms with Crippen LogP contribution in [0, 0.1) is 0 Å². The smallest absolute Gasteiger partial charge is 0.121 e. The molecule has 0 spiro atoms. The van der Waals surface area contributed by atoms with Gasteiger partial charge in [-0.15, -0.1) is 11.3 Å². The average Bonchev–Trinajstić information content (AvgIpc) is 3.36. The summed E-state index contributed by atoms with van der Waals surface area (Å²) in [6, 6.07) is 4.30. The zero-order valence-corrected chi connectivity index (χ0v) is 16.0. The lowest BCUT2D eigenvalue weighted by Gasteiger charge is -2.18. The second-order valence-electron chi connectivity index (χ2n) is 7.45. The van der Waals surface area contributed by atoms with E-state index >= 15 is 0 Å². The molecule has 7 heteroatoms. The van der Waals surface area contributed by atoms with Crippen LogP contribution in [0.2, 0.25) is 0 Å². The Morgan fingerprint density at radius 2 is 1.85 bits per heavy atom. The topological polar surface area (TPSA) is 64.8 Å². The Kier molecular flexibility index (Phi) is 5.71. The summed E-state index contributed by atoms with van der Waals surface area (Å²) in [6.45, 7) is 7.01. The molecule has 1 fully saturated rings. The highest BCUT2D eigenvalue weighted by atomic mass is 32.1. The molecule has 6 nitrogen and oxygen atoms in total. The number of aliphatic hydroxyl groups is 2. The highest BCUT2D eigenvalue weighted by Gasteiger charge is 2.20. The summed E-state index contributed by atoms with van der Waals surface area (Å²) < 4.78 is 1.99. The average molecular weight is 377 g/mol. The fraction of sp³-hybridized carbons (Fsp3) is 0.632. The van der Waals surface area contributed by atoms with Crippen molar-refractivity contribution in [2.45, 2.75) is 51.5 Å². The summed E-state index contributed by atoms with van der Waals surface area (Å²) in [6.07, 6.45) is 2.85. The molecule has 0 amide bonds. The van der Waals surface area contributed by atoms with Crippen LogP contribution in [0.3, 0.4) is 0 Å². The molecule has 142 valence electrons. The van der Waals surface area contributed by atoms with Gasteiger partial charge in [0.1, 0.15) is 6.10 Å². The van der Waals surface area contributed by atoms with Gasteiger partial charge in [0.15, 0.2) is 0 Å². The summed E-state index contributed by atoms with van der Waals surface area (Å²) in [7, 11) is 0. The van der Waals surface area contributed by atoms with E-state index < -0.39 is 6.10 Å². The van der Waals surface area contributed by atoms with E-state index in [0.717, 1.165) is 44.8 Å². The van der Waals surface area contributed by atoms with E-state index in [2.05, 4.69) is 26.3 Å². The van der Waals surface area contributed by atoms with Crippen LogP contribution in [0.5, 0.6) is 0 Å². The molecule has 26 heavy (non-hydrogen) atoms. The number of rotatable bonds is 6. The lowest BCUT2D eigenvalue weighted by molar-refractivity contribution is 0.0916. The van der Waals surface area contributed by atoms with Crippen LogP contribution in [0.25, 0.3) is 0 Å². The van der Waals surface area contributed by atoms with Crippen molar-refractivity contribution in [1.29, 1.82) is 0 Å². The minimum absolute atomic E-state index is 0.283. The van der Waals surface area contributed by atoms with Gasteiger partial charge in [-0.1, -0.05) is 0 Å². The Hall–Kier alpha value is -1.25. The largest absolute Gasteiger partial charge is 0.393 e. The molecule has 0 radical (unpaired) electrons. The normalized spacial score (nSPS) is 20.2. The first-order valence-electron chi connectivity index (χ1n) is 9.58. The molecular formula is C19H28N4O2S. The van der Waals surface area contributed by atoms with Gasteiger partial charge in [-0.3, -0.25) is 14.5 Å². The van der Waals surface area contributed by atoms with Crippen LogP contribution in [0.4, 0.5) is 0 Å². The highest BCUT2D eigenvalue weighted by Crippen LogP contribution is 2.23. The second-order valence-corrected chi connectivity index (χ2v) is 8.45. The molecule has 2 aliphatic rings. The standard InChI is InChI=1S/C19H28N4O2S/c24-13-19(25)18-9-16-11-22(6-3-7-23(16)20-18)12-17-8-15(14-26-17)10-21-4-1-2-5-21/h8-9,14,19,24-25H,1-7,10-13H2. The Balaban J connectivity index is 1.39. The number of fused-ring (bicyclic) bond motifs is 1. The molecule has 2 aromatic heterocycles. The van der Waals surface area contributed by atoms with Gasteiger partial charge < -0.3 is 10.2 Å². The van der Waals surface area contributed by atoms with Crippen LogP contribution >= 0.6 is 11.3 Å². The molecule has 1 atom stereocenters. The first-order valence-corrected chi connectivity index (χ1v) is 10.5. The molecule has 2 aliphatic heterocycles. The Morgan fingerprint density at radius 1 is 1.04 bits per heavy atom. The molecule has 0 bridgehead atoms. The minimum atomic E-state index is -0.881. The number of likely N-dealkylation sites (tertiary alicyclic amines) is 1. The maximum atomic E-state index is 9.83. The van der Waals surface area contributed by atoms with E-state index in [-0.39, 0.29) is 6.61 Å². The van der Waals surface area contributed by atoms with E-state index in [1.807, 2.05) is 22.1 Å². The van der Waals surface area contributed by atoms with Gasteiger partial charge in [0.2, 0.25) is 0 Å². The van der Waals surface area contributed by atoms with Crippen LogP contribution < -0.4 is 0 Å². The Morgan fingerprint density at radius 3 is 2.65 bits per heavy atom. The van der Waals surface area contributed by atoms with Gasteiger partial charge in [0.05, 0.1) is 18.0 Å². The van der Waals surface area contributed by atoms with Gasteiger partial charge in [-0.05, 0) is 55.4 Å². The second kappa shape index (κ2) is 8.19. The predicted molar refractivity (Wildman–Crippen MR) is 102 cm³/mol. The maximum Gasteiger partial charge on any atom is 0.121 e. The Labute approximate surface area is 158 Å². The van der Waals surface area contributed by atoms with Crippen LogP contribution in [0.15, 0.2) is 17.5 Å². The molecule has 0 saturated carbocycles. The molecule has 0 aromatic carbocycles. The zero-order valence-electron chi connectivity index (χ0n) is 15.2. The SMILES string of the molecule is OCC(O)c1cc2n(n1)CCCN(Cc1cc(CN3CCCC3)cs1)C2. The van der Waals surface area contributed by atoms with Gasteiger partial charge in [0, 0.05) is 37.6 Å². The quantitative estimate of drug-likeness (QED) is 0.807. The molecule has 2 aromatic rings. The van der Waals surface area contributed by atoms with Crippen molar-refractivity contribution < 1.29 is 10.2 Å². The lowest BCUT2D eigenvalue weighted by Crippen LogP contribution is -2.22. The van der Waals surface area contributed by atoms with E-state index in [1.165, 1.54) is 36.4 Å². The number of aryl methyl sites for hydroxylation is 1. The summed E-state index contributed by atoms with van der Waals surface area (Å²) in [4.78, 5) is 6.42. The third-order valence-electron chi connectivity index (χ3n) is 5.32. The van der Waals surface area contributed by atoms with Crippen molar-refractivity contribution in [2.24, 2.45) is 0 Å². The molecule has 0 aliphatic carbocycles. The van der Waals surface area contributed by atoms with Crippen molar-refractivity contribution in [2.75, 3.05) is 26.2 Å². The Bertz CT molecular complexity index is 723. The number of aromatic nitrogens is 2. The van der Waals surface area contributed by atoms with E-state index in [1.54, 1.807) is 0 Å². The van der Waals surface area contributed by atoms with Gasteiger partial charge in [0.25, 0.3) is 0 Å². The summed E-state index contributed by atoms with van der Waals surface area (Å²) in [5.41, 5.74) is 3.15. The van der Waals surface area contributed by atoms with Gasteiger partial charge >= 0.3 is 0 Å². The molecular weight excluding hydrogens is 348 g/mol. The van der Waals surface area contributed by atoms with E-state index in [0.29, 0.717) is 5.69 Å². The molecule has 4 rings (SSSR count). The summed E-state index contributed by atoms with van der Waals surface area (Å²) in [5, 5.41) is 25.7. The number of nitrogens with zero attached hydrogens (tertiary/aromatic N) is 4. The van der Waals surface area contributed by atoms with Crippen molar-refractivity contribution in [3.05, 3.63) is 39.3 Å². The summed E-state index contributed by atoms with van der Waals surface area (Å²) in [5.74, 6) is 0. The number of aliphatic hydroxyl groups excluding tert-OH is 2. The molecule has 1 unspecified atom stereocenters. The van der Waals surface area contributed by atoms with Crippen molar-refractivity contribution in [3.63, 3.8) is 0 Å². The minimum Gasteiger partial charge on any atom is -0.393 e. The van der Waals surface area contributed by atoms with Gasteiger partial charge in [-0.2, -0.15) is 5.10 Å². The van der Waals surface area contributed by atoms with E-state index in [9.17, 15) is 5.11 Å². The van der Waals surface area contributed by atoms with Crippen LogP contribution in [-0.4, -0.2) is 56.0 Å². The fourth-order valence-corrected chi connectivity index (χ4v) is 4.88. The predicted octanol–water partition coefficient (Wildman–Crippen LogP) is 1.97. The third-order valence-corrected chi connectivity index (χ3v) is 6.29. The van der Waals surface area contributed by atoms with Crippen LogP contribution in [-0.2, 0) is 26.2 Å². The lowest BCUT2D eigenvalue weighted by atomic mass is 10.2. The summed E-state index contributed by atoms with van der Waals surface area (Å²) >= 11 is 1.86. The van der Waals surface area contributed by atoms with Crippen molar-refractivity contribution in [1.82, 2.24) is 19.6 Å². The molecule has 1 saturated heterocycles. The zero-order chi connectivity index (χ0) is 17.9. The fourth-order valence-electron chi connectivity index (χ4n) is 3.95. The highest BCUT2D eigenvalue weighted by molar-refractivity contribution is 7.10.